The van der Waals surface area contributed by atoms with Crippen LogP contribution in [0.1, 0.15) is 6.42 Å². The molecule has 8 heteroatoms. The first-order valence-corrected chi connectivity index (χ1v) is 5.28. The van der Waals surface area contributed by atoms with E-state index in [0.29, 0.717) is 0 Å². The molecule has 0 aliphatic rings. The second-order valence-corrected chi connectivity index (χ2v) is 4.72. The molecule has 1 atom stereocenters. The first-order chi connectivity index (χ1) is 6.31. The summed E-state index contributed by atoms with van der Waals surface area (Å²) in [7, 11) is -1.22. The molecule has 0 bridgehead atoms. The lowest BCUT2D eigenvalue weighted by atomic mass is 10.2. The number of aliphatic carboxylic acids is 1. The maximum absolute atomic E-state index is 11.2. The van der Waals surface area contributed by atoms with E-state index < -0.39 is 28.8 Å². The topological polar surface area (TPSA) is 107 Å². The molecule has 0 aromatic carbocycles. The summed E-state index contributed by atoms with van der Waals surface area (Å²) in [6.45, 7) is -0.396. The van der Waals surface area contributed by atoms with Gasteiger partial charge in [0.15, 0.2) is 0 Å². The van der Waals surface area contributed by atoms with Gasteiger partial charge in [0, 0.05) is 20.7 Å². The quantitative estimate of drug-likeness (QED) is 0.496. The summed E-state index contributed by atoms with van der Waals surface area (Å²) in [6, 6.07) is -1.30. The van der Waals surface area contributed by atoms with E-state index in [0.717, 1.165) is 4.31 Å². The maximum atomic E-state index is 11.2. The third-order valence-electron chi connectivity index (χ3n) is 1.49. The Morgan fingerprint density at radius 1 is 1.50 bits per heavy atom. The van der Waals surface area contributed by atoms with Crippen molar-refractivity contribution in [2.75, 3.05) is 20.7 Å². The molecule has 0 spiro atoms. The molecule has 0 aliphatic carbocycles. The number of nitrogens with zero attached hydrogens (tertiary/aromatic N) is 1. The van der Waals surface area contributed by atoms with Crippen LogP contribution in [0.3, 0.4) is 0 Å². The second kappa shape index (κ2) is 5.25. The van der Waals surface area contributed by atoms with Gasteiger partial charge in [-0.25, -0.2) is 0 Å². The van der Waals surface area contributed by atoms with E-state index in [1.165, 1.54) is 14.1 Å². The monoisotopic (exact) mass is 226 g/mol. The molecule has 0 fully saturated rings. The van der Waals surface area contributed by atoms with Gasteiger partial charge < -0.3 is 10.2 Å². The molecule has 0 unspecified atom stereocenters. The van der Waals surface area contributed by atoms with E-state index in [2.05, 4.69) is 0 Å². The summed E-state index contributed by atoms with van der Waals surface area (Å²) >= 11 is 0. The number of aliphatic hydroxyl groups is 1. The number of carbonyl (C=O) groups is 1. The number of carboxylic acid groups (broad SMARTS) is 1. The highest BCUT2D eigenvalue weighted by molar-refractivity contribution is 7.87. The molecule has 7 nitrogen and oxygen atoms in total. The van der Waals surface area contributed by atoms with E-state index >= 15 is 0 Å². The minimum Gasteiger partial charge on any atom is -0.480 e. The lowest BCUT2D eigenvalue weighted by Gasteiger charge is -2.17. The SMILES string of the molecule is CN(C)S(=O)(=O)N[C@H](CCO)C(=O)O. The number of aliphatic hydroxyl groups excluding tert-OH is 1. The third-order valence-corrected chi connectivity index (χ3v) is 3.03. The molecule has 0 radical (unpaired) electrons. The van der Waals surface area contributed by atoms with Crippen LogP contribution >= 0.6 is 0 Å². The molecule has 84 valence electrons. The lowest BCUT2D eigenvalue weighted by molar-refractivity contribution is -0.139. The zero-order valence-corrected chi connectivity index (χ0v) is 8.78. The first kappa shape index (κ1) is 13.3. The Morgan fingerprint density at radius 3 is 2.29 bits per heavy atom. The standard InChI is InChI=1S/C6H14N2O5S/c1-8(2)14(12,13)7-5(3-4-9)6(10)11/h5,7,9H,3-4H2,1-2H3,(H,10,11)/t5-/m1/s1. The Hall–Kier alpha value is -0.700. The van der Waals surface area contributed by atoms with Crippen molar-refractivity contribution in [2.24, 2.45) is 0 Å². The van der Waals surface area contributed by atoms with E-state index in [4.69, 9.17) is 10.2 Å². The predicted octanol–water partition coefficient (Wildman–Crippen LogP) is -1.78. The number of hydrogen-bond acceptors (Lipinski definition) is 4. The Kier molecular flexibility index (Phi) is 4.99. The van der Waals surface area contributed by atoms with Gasteiger partial charge in [0.2, 0.25) is 0 Å². The van der Waals surface area contributed by atoms with Crippen LogP contribution in [-0.2, 0) is 15.0 Å². The number of rotatable bonds is 6. The molecule has 0 saturated heterocycles. The molecular formula is C6H14N2O5S. The molecule has 0 aromatic heterocycles. The smallest absolute Gasteiger partial charge is 0.321 e. The van der Waals surface area contributed by atoms with Crippen LogP contribution in [0.2, 0.25) is 0 Å². The van der Waals surface area contributed by atoms with Gasteiger partial charge in [-0.3, -0.25) is 4.79 Å². The van der Waals surface area contributed by atoms with Gasteiger partial charge >= 0.3 is 5.97 Å². The minimum absolute atomic E-state index is 0.164. The van der Waals surface area contributed by atoms with Crippen molar-refractivity contribution >= 4 is 16.2 Å². The Labute approximate surface area is 82.5 Å². The normalized spacial score (nSPS) is 14.3. The fraction of sp³-hybridized carbons (Fsp3) is 0.833. The van der Waals surface area contributed by atoms with Gasteiger partial charge in [-0.15, -0.1) is 0 Å². The molecule has 0 aliphatic heterocycles. The van der Waals surface area contributed by atoms with Crippen LogP contribution < -0.4 is 4.72 Å². The van der Waals surface area contributed by atoms with Crippen molar-refractivity contribution in [1.82, 2.24) is 9.03 Å². The first-order valence-electron chi connectivity index (χ1n) is 3.84. The average Bonchev–Trinajstić information content (AvgIpc) is 2.02. The molecule has 0 saturated carbocycles. The Morgan fingerprint density at radius 2 is 2.00 bits per heavy atom. The largest absolute Gasteiger partial charge is 0.480 e. The van der Waals surface area contributed by atoms with Crippen molar-refractivity contribution in [3.8, 4) is 0 Å². The predicted molar refractivity (Wildman–Crippen MR) is 48.9 cm³/mol. The Balaban J connectivity index is 4.53. The maximum Gasteiger partial charge on any atom is 0.321 e. The van der Waals surface area contributed by atoms with E-state index in [1.807, 2.05) is 4.72 Å². The average molecular weight is 226 g/mol. The van der Waals surface area contributed by atoms with Gasteiger partial charge in [0.25, 0.3) is 10.2 Å². The summed E-state index contributed by atoms with van der Waals surface area (Å²) in [4.78, 5) is 10.5. The summed E-state index contributed by atoms with van der Waals surface area (Å²) in [5.74, 6) is -1.32. The highest BCUT2D eigenvalue weighted by Gasteiger charge is 2.24. The number of hydrogen-bond donors (Lipinski definition) is 3. The van der Waals surface area contributed by atoms with Crippen molar-refractivity contribution in [2.45, 2.75) is 12.5 Å². The van der Waals surface area contributed by atoms with E-state index in [1.54, 1.807) is 0 Å². The van der Waals surface area contributed by atoms with Gasteiger partial charge in [-0.1, -0.05) is 0 Å². The highest BCUT2D eigenvalue weighted by atomic mass is 32.2. The van der Waals surface area contributed by atoms with E-state index in [9.17, 15) is 13.2 Å². The minimum atomic E-state index is -3.77. The van der Waals surface area contributed by atoms with Crippen LogP contribution in [0, 0.1) is 0 Å². The zero-order chi connectivity index (χ0) is 11.4. The van der Waals surface area contributed by atoms with Gasteiger partial charge in [0.1, 0.15) is 6.04 Å². The van der Waals surface area contributed by atoms with Crippen LogP contribution in [0.5, 0.6) is 0 Å². The van der Waals surface area contributed by atoms with Crippen molar-refractivity contribution in [1.29, 1.82) is 0 Å². The van der Waals surface area contributed by atoms with E-state index in [-0.39, 0.29) is 6.42 Å². The van der Waals surface area contributed by atoms with Crippen molar-refractivity contribution in [3.63, 3.8) is 0 Å². The molecule has 14 heavy (non-hydrogen) atoms. The molecule has 0 rings (SSSR count). The zero-order valence-electron chi connectivity index (χ0n) is 7.97. The van der Waals surface area contributed by atoms with Gasteiger partial charge in [-0.2, -0.15) is 17.4 Å². The summed E-state index contributed by atoms with van der Waals surface area (Å²) in [5.41, 5.74) is 0. The molecule has 0 aromatic rings. The van der Waals surface area contributed by atoms with Gasteiger partial charge in [-0.05, 0) is 6.42 Å². The highest BCUT2D eigenvalue weighted by Crippen LogP contribution is 1.97. The molecule has 0 amide bonds. The molecule has 3 N–H and O–H groups in total. The summed E-state index contributed by atoms with van der Waals surface area (Å²) in [5, 5.41) is 17.1. The summed E-state index contributed by atoms with van der Waals surface area (Å²) in [6.07, 6.45) is -0.164. The van der Waals surface area contributed by atoms with Crippen LogP contribution in [0.15, 0.2) is 0 Å². The fourth-order valence-electron chi connectivity index (χ4n) is 0.647. The van der Waals surface area contributed by atoms with Crippen LogP contribution in [-0.4, -0.2) is 55.6 Å². The molecule has 0 heterocycles. The molecular weight excluding hydrogens is 212 g/mol. The summed E-state index contributed by atoms with van der Waals surface area (Å²) < 4.78 is 25.2. The van der Waals surface area contributed by atoms with Crippen molar-refractivity contribution < 1.29 is 23.4 Å². The number of nitrogens with one attached hydrogen (secondary N) is 1. The number of carboxylic acids is 1. The van der Waals surface area contributed by atoms with Crippen LogP contribution in [0.25, 0.3) is 0 Å². The third kappa shape index (κ3) is 4.01. The van der Waals surface area contributed by atoms with Gasteiger partial charge in [0.05, 0.1) is 0 Å². The fourth-order valence-corrected chi connectivity index (χ4v) is 1.44. The van der Waals surface area contributed by atoms with Crippen molar-refractivity contribution in [3.05, 3.63) is 0 Å². The Bertz CT molecular complexity index is 287. The second-order valence-electron chi connectivity index (χ2n) is 2.81. The van der Waals surface area contributed by atoms with Crippen LogP contribution in [0.4, 0.5) is 0 Å². The lowest BCUT2D eigenvalue weighted by Crippen LogP contribution is -2.46.